The topological polar surface area (TPSA) is 24.7 Å². The van der Waals surface area contributed by atoms with Crippen LogP contribution in [0.3, 0.4) is 0 Å². The Kier molecular flexibility index (Phi) is 26.0. The molecule has 2 N–H and O–H groups in total. The lowest BCUT2D eigenvalue weighted by Gasteiger charge is -2.06. The Hall–Kier alpha value is -0.0500. The molecule has 0 aromatic heterocycles. The molecule has 0 bridgehead atoms. The average Bonchev–Trinajstić information content (AvgIpc) is 2.56. The quantitative estimate of drug-likeness (QED) is 0.262. The summed E-state index contributed by atoms with van der Waals surface area (Å²) in [6.45, 7) is 1.69. The van der Waals surface area contributed by atoms with Crippen LogP contribution in [0.4, 0.5) is 0 Å². The number of aliphatic hydroxyl groups is 1. The highest BCUT2D eigenvalue weighted by Crippen LogP contribution is 2.11. The molecule has 152 valence electrons. The molecular weight excluding hydrogens is 330 g/mol. The van der Waals surface area contributed by atoms with Crippen LogP contribution >= 0.6 is 0 Å². The summed E-state index contributed by atoms with van der Waals surface area (Å²) in [6, 6.07) is 0. The van der Waals surface area contributed by atoms with Crippen LogP contribution in [-0.2, 0) is 0 Å². The third-order valence-corrected chi connectivity index (χ3v) is 4.74. The van der Waals surface area contributed by atoms with E-state index in [2.05, 4.69) is 26.2 Å². The van der Waals surface area contributed by atoms with Gasteiger partial charge in [0.1, 0.15) is 0 Å². The molecule has 0 radical (unpaired) electrons. The highest BCUT2D eigenvalue weighted by atomic mass is 35.5. The molecule has 0 saturated heterocycles. The first kappa shape index (κ1) is 27.2. The number of nitrogens with one attached hydrogen (secondary N) is 1. The summed E-state index contributed by atoms with van der Waals surface area (Å²) < 4.78 is 0. The minimum atomic E-state index is 0. The summed E-state index contributed by atoms with van der Waals surface area (Å²) in [5.74, 6) is 0. The molecule has 2 nitrogen and oxygen atoms in total. The summed E-state index contributed by atoms with van der Waals surface area (Å²) in [7, 11) is 4.49. The maximum atomic E-state index is 8.71. The second kappa shape index (κ2) is 23.9. The van der Waals surface area contributed by atoms with Gasteiger partial charge in [-0.1, -0.05) is 69.9 Å². The van der Waals surface area contributed by atoms with Crippen molar-refractivity contribution in [3.05, 3.63) is 12.2 Å². The highest BCUT2D eigenvalue weighted by molar-refractivity contribution is 4.81. The standard InChI is InChI=1S/C22H45NO.ClH/c1-23(2)21-19-17-15-13-11-9-7-5-3-4-6-8-10-12-14-16-18-20-22-24;/h3,5,24H,4,6-22H2,1-2H3;1H. The number of aliphatic hydroxyl groups excluding tert-OH is 1. The molecule has 0 aliphatic carbocycles. The Morgan fingerprint density at radius 1 is 0.560 bits per heavy atom. The number of quaternary nitrogens is 1. The van der Waals surface area contributed by atoms with E-state index in [1.165, 1.54) is 103 Å². The van der Waals surface area contributed by atoms with Gasteiger partial charge in [-0.15, -0.1) is 0 Å². The van der Waals surface area contributed by atoms with Crippen molar-refractivity contribution < 1.29 is 22.4 Å². The van der Waals surface area contributed by atoms with Gasteiger partial charge >= 0.3 is 0 Å². The smallest absolute Gasteiger partial charge is 0.0766 e. The summed E-state index contributed by atoms with van der Waals surface area (Å²) >= 11 is 0. The van der Waals surface area contributed by atoms with E-state index in [4.69, 9.17) is 5.11 Å². The summed E-state index contributed by atoms with van der Waals surface area (Å²) in [6.07, 6.45) is 26.2. The van der Waals surface area contributed by atoms with Gasteiger partial charge in [-0.25, -0.2) is 0 Å². The average molecular weight is 376 g/mol. The zero-order valence-corrected chi connectivity index (χ0v) is 18.0. The Balaban J connectivity index is 0. The van der Waals surface area contributed by atoms with E-state index in [9.17, 15) is 0 Å². The molecular formula is C22H46ClNO. The fourth-order valence-corrected chi connectivity index (χ4v) is 3.12. The molecule has 0 spiro atoms. The van der Waals surface area contributed by atoms with E-state index in [0.717, 1.165) is 6.42 Å². The van der Waals surface area contributed by atoms with Crippen molar-refractivity contribution in [2.45, 2.75) is 103 Å². The van der Waals surface area contributed by atoms with E-state index in [0.29, 0.717) is 6.61 Å². The van der Waals surface area contributed by atoms with Crippen molar-refractivity contribution >= 4 is 0 Å². The number of hydrogen-bond acceptors (Lipinski definition) is 1. The van der Waals surface area contributed by atoms with Gasteiger partial charge in [0.25, 0.3) is 0 Å². The normalized spacial score (nSPS) is 11.4. The molecule has 0 amide bonds. The van der Waals surface area contributed by atoms with E-state index in [1.54, 1.807) is 4.90 Å². The maximum Gasteiger partial charge on any atom is 0.0766 e. The molecule has 0 fully saturated rings. The lowest BCUT2D eigenvalue weighted by molar-refractivity contribution is -0.858. The van der Waals surface area contributed by atoms with Gasteiger partial charge in [-0.2, -0.15) is 0 Å². The van der Waals surface area contributed by atoms with Crippen LogP contribution in [0.2, 0.25) is 0 Å². The minimum Gasteiger partial charge on any atom is -1.00 e. The fourth-order valence-electron chi connectivity index (χ4n) is 3.12. The molecule has 0 unspecified atom stereocenters. The van der Waals surface area contributed by atoms with Crippen molar-refractivity contribution in [2.24, 2.45) is 0 Å². The molecule has 0 heterocycles. The number of hydrogen-bond donors (Lipinski definition) is 2. The van der Waals surface area contributed by atoms with E-state index in [-0.39, 0.29) is 12.4 Å². The first-order valence-electron chi connectivity index (χ1n) is 10.8. The third kappa shape index (κ3) is 26.3. The van der Waals surface area contributed by atoms with Crippen molar-refractivity contribution in [1.82, 2.24) is 0 Å². The molecule has 0 rings (SSSR count). The van der Waals surface area contributed by atoms with Gasteiger partial charge in [0.15, 0.2) is 0 Å². The summed E-state index contributed by atoms with van der Waals surface area (Å²) in [5.41, 5.74) is 0. The monoisotopic (exact) mass is 375 g/mol. The predicted molar refractivity (Wildman–Crippen MR) is 108 cm³/mol. The van der Waals surface area contributed by atoms with Crippen LogP contribution < -0.4 is 17.3 Å². The highest BCUT2D eigenvalue weighted by Gasteiger charge is 1.94. The lowest BCUT2D eigenvalue weighted by atomic mass is 10.1. The summed E-state index contributed by atoms with van der Waals surface area (Å²) in [4.78, 5) is 1.58. The Bertz CT molecular complexity index is 256. The van der Waals surface area contributed by atoms with Crippen LogP contribution in [0.15, 0.2) is 12.2 Å². The zero-order chi connectivity index (χ0) is 17.7. The van der Waals surface area contributed by atoms with Crippen LogP contribution in [0.1, 0.15) is 103 Å². The van der Waals surface area contributed by atoms with E-state index >= 15 is 0 Å². The SMILES string of the molecule is C[NH+](C)CCCCCCCCC=CCCCCCCCCCCO.[Cl-]. The number of halogens is 1. The van der Waals surface area contributed by atoms with Crippen LogP contribution in [0.5, 0.6) is 0 Å². The van der Waals surface area contributed by atoms with Crippen molar-refractivity contribution in [1.29, 1.82) is 0 Å². The van der Waals surface area contributed by atoms with Crippen molar-refractivity contribution in [3.8, 4) is 0 Å². The number of allylic oxidation sites excluding steroid dienone is 2. The Morgan fingerprint density at radius 2 is 0.920 bits per heavy atom. The molecule has 0 aliphatic rings. The Labute approximate surface area is 164 Å². The third-order valence-electron chi connectivity index (χ3n) is 4.74. The molecule has 0 saturated carbocycles. The number of unbranched alkanes of at least 4 members (excludes halogenated alkanes) is 14. The maximum absolute atomic E-state index is 8.71. The van der Waals surface area contributed by atoms with E-state index in [1.807, 2.05) is 0 Å². The molecule has 0 atom stereocenters. The first-order valence-corrected chi connectivity index (χ1v) is 10.8. The van der Waals surface area contributed by atoms with Crippen LogP contribution in [0, 0.1) is 0 Å². The molecule has 3 heteroatoms. The van der Waals surface area contributed by atoms with Gasteiger partial charge in [0.05, 0.1) is 20.6 Å². The molecule has 0 aliphatic heterocycles. The van der Waals surface area contributed by atoms with Gasteiger partial charge in [0, 0.05) is 6.61 Å². The van der Waals surface area contributed by atoms with Gasteiger partial charge < -0.3 is 22.4 Å². The second-order valence-corrected chi connectivity index (χ2v) is 7.68. The predicted octanol–water partition coefficient (Wildman–Crippen LogP) is 1.93. The summed E-state index contributed by atoms with van der Waals surface area (Å²) in [5, 5.41) is 8.71. The van der Waals surface area contributed by atoms with Crippen LogP contribution in [-0.4, -0.2) is 32.4 Å². The fraction of sp³-hybridized carbons (Fsp3) is 0.909. The largest absolute Gasteiger partial charge is 1.00 e. The van der Waals surface area contributed by atoms with Gasteiger partial charge in [-0.3, -0.25) is 0 Å². The van der Waals surface area contributed by atoms with Crippen LogP contribution in [0.25, 0.3) is 0 Å². The van der Waals surface area contributed by atoms with Gasteiger partial charge in [-0.05, 0) is 44.9 Å². The van der Waals surface area contributed by atoms with Crippen molar-refractivity contribution in [2.75, 3.05) is 27.2 Å². The zero-order valence-electron chi connectivity index (χ0n) is 17.2. The molecule has 25 heavy (non-hydrogen) atoms. The van der Waals surface area contributed by atoms with Crippen molar-refractivity contribution in [3.63, 3.8) is 0 Å². The molecule has 0 aromatic rings. The minimum absolute atomic E-state index is 0. The number of rotatable bonds is 19. The lowest BCUT2D eigenvalue weighted by Crippen LogP contribution is -3.05. The molecule has 0 aromatic carbocycles. The first-order chi connectivity index (χ1) is 11.8. The second-order valence-electron chi connectivity index (χ2n) is 7.68. The van der Waals surface area contributed by atoms with E-state index < -0.39 is 0 Å². The van der Waals surface area contributed by atoms with Gasteiger partial charge in [0.2, 0.25) is 0 Å². The Morgan fingerprint density at radius 3 is 1.32 bits per heavy atom.